The maximum absolute atomic E-state index is 13.0. The number of anilines is 1. The van der Waals surface area contributed by atoms with E-state index in [4.69, 9.17) is 0 Å². The number of rotatable bonds is 6. The van der Waals surface area contributed by atoms with E-state index in [0.717, 1.165) is 31.9 Å². The first-order chi connectivity index (χ1) is 9.19. The van der Waals surface area contributed by atoms with Gasteiger partial charge in [0.15, 0.2) is 0 Å². The lowest BCUT2D eigenvalue weighted by Gasteiger charge is -2.35. The molecule has 1 saturated heterocycles. The first-order valence-electron chi connectivity index (χ1n) is 7.40. The van der Waals surface area contributed by atoms with Crippen molar-refractivity contribution >= 4 is 5.69 Å². The van der Waals surface area contributed by atoms with Crippen molar-refractivity contribution in [3.8, 4) is 0 Å². The van der Waals surface area contributed by atoms with Gasteiger partial charge in [-0.25, -0.2) is 4.39 Å². The van der Waals surface area contributed by atoms with Crippen LogP contribution in [-0.2, 0) is 0 Å². The monoisotopic (exact) mass is 264 g/mol. The fraction of sp³-hybridized carbons (Fsp3) is 0.625. The molecule has 0 amide bonds. The summed E-state index contributed by atoms with van der Waals surface area (Å²) in [6.07, 6.45) is 3.74. The fourth-order valence-corrected chi connectivity index (χ4v) is 3.20. The molecule has 1 aromatic rings. The second-order valence-electron chi connectivity index (χ2n) is 5.67. The van der Waals surface area contributed by atoms with Gasteiger partial charge in [-0.05, 0) is 50.6 Å². The van der Waals surface area contributed by atoms with E-state index >= 15 is 0 Å². The van der Waals surface area contributed by atoms with Crippen LogP contribution in [0.15, 0.2) is 24.3 Å². The first kappa shape index (κ1) is 14.3. The van der Waals surface area contributed by atoms with Crippen LogP contribution in [0.4, 0.5) is 10.1 Å². The predicted molar refractivity (Wildman–Crippen MR) is 79.1 cm³/mol. The van der Waals surface area contributed by atoms with E-state index in [9.17, 15) is 4.39 Å². The molecule has 0 aliphatic carbocycles. The third kappa shape index (κ3) is 3.47. The Labute approximate surface area is 116 Å². The van der Waals surface area contributed by atoms with Crippen LogP contribution in [0.1, 0.15) is 33.1 Å². The lowest BCUT2D eigenvalue weighted by molar-refractivity contribution is 0.296. The Hall–Kier alpha value is -1.09. The summed E-state index contributed by atoms with van der Waals surface area (Å²) in [6, 6.07) is 6.89. The van der Waals surface area contributed by atoms with E-state index < -0.39 is 0 Å². The maximum atomic E-state index is 13.0. The van der Waals surface area contributed by atoms with Gasteiger partial charge < -0.3 is 10.2 Å². The summed E-state index contributed by atoms with van der Waals surface area (Å²) in [4.78, 5) is 2.38. The van der Waals surface area contributed by atoms with E-state index in [-0.39, 0.29) is 5.82 Å². The zero-order valence-electron chi connectivity index (χ0n) is 12.1. The largest absolute Gasteiger partial charge is 0.371 e. The highest BCUT2D eigenvalue weighted by atomic mass is 19.1. The number of hydrogen-bond donors (Lipinski definition) is 1. The summed E-state index contributed by atoms with van der Waals surface area (Å²) in [5.74, 6) is -0.161. The van der Waals surface area contributed by atoms with Gasteiger partial charge in [-0.15, -0.1) is 0 Å². The van der Waals surface area contributed by atoms with Gasteiger partial charge in [0.05, 0.1) is 0 Å². The highest BCUT2D eigenvalue weighted by molar-refractivity contribution is 5.46. The quantitative estimate of drug-likeness (QED) is 0.847. The molecule has 0 spiro atoms. The van der Waals surface area contributed by atoms with Crippen LogP contribution in [0.25, 0.3) is 0 Å². The highest BCUT2D eigenvalue weighted by Gasteiger charge is 2.34. The minimum absolute atomic E-state index is 0.161. The lowest BCUT2D eigenvalue weighted by atomic mass is 9.82. The standard InChI is InChI=1S/C16H25FN2/c1-3-9-16(10-11-18-12-16)13-19(4-2)15-7-5-14(17)6-8-15/h5-8,18H,3-4,9-13H2,1-2H3. The zero-order chi connectivity index (χ0) is 13.7. The molecule has 2 nitrogen and oxygen atoms in total. The van der Waals surface area contributed by atoms with Crippen molar-refractivity contribution in [1.82, 2.24) is 5.32 Å². The molecule has 3 heteroatoms. The summed E-state index contributed by atoms with van der Waals surface area (Å²) in [7, 11) is 0. The maximum Gasteiger partial charge on any atom is 0.123 e. The van der Waals surface area contributed by atoms with Gasteiger partial charge in [0.25, 0.3) is 0 Å². The van der Waals surface area contributed by atoms with Gasteiger partial charge in [-0.1, -0.05) is 13.3 Å². The van der Waals surface area contributed by atoms with Gasteiger partial charge in [0.1, 0.15) is 5.82 Å². The minimum atomic E-state index is -0.161. The molecule has 0 radical (unpaired) electrons. The van der Waals surface area contributed by atoms with Crippen molar-refractivity contribution in [2.75, 3.05) is 31.1 Å². The zero-order valence-corrected chi connectivity index (χ0v) is 12.1. The van der Waals surface area contributed by atoms with E-state index in [1.54, 1.807) is 12.1 Å². The third-order valence-corrected chi connectivity index (χ3v) is 4.21. The smallest absolute Gasteiger partial charge is 0.123 e. The Balaban J connectivity index is 2.11. The molecule has 1 aromatic carbocycles. The average molecular weight is 264 g/mol. The van der Waals surface area contributed by atoms with Crippen LogP contribution in [-0.4, -0.2) is 26.2 Å². The summed E-state index contributed by atoms with van der Waals surface area (Å²) >= 11 is 0. The summed E-state index contributed by atoms with van der Waals surface area (Å²) in [6.45, 7) is 8.70. The second kappa shape index (κ2) is 6.38. The lowest BCUT2D eigenvalue weighted by Crippen LogP contribution is -2.39. The predicted octanol–water partition coefficient (Wildman–Crippen LogP) is 3.43. The summed E-state index contributed by atoms with van der Waals surface area (Å²) < 4.78 is 13.0. The van der Waals surface area contributed by atoms with Crippen molar-refractivity contribution in [3.63, 3.8) is 0 Å². The topological polar surface area (TPSA) is 15.3 Å². The van der Waals surface area contributed by atoms with Gasteiger partial charge in [-0.3, -0.25) is 0 Å². The van der Waals surface area contributed by atoms with Crippen LogP contribution < -0.4 is 10.2 Å². The number of nitrogens with one attached hydrogen (secondary N) is 1. The summed E-state index contributed by atoms with van der Waals surface area (Å²) in [5.41, 5.74) is 1.52. The first-order valence-corrected chi connectivity index (χ1v) is 7.40. The van der Waals surface area contributed by atoms with Gasteiger partial charge in [-0.2, -0.15) is 0 Å². The van der Waals surface area contributed by atoms with Gasteiger partial charge in [0.2, 0.25) is 0 Å². The third-order valence-electron chi connectivity index (χ3n) is 4.21. The number of hydrogen-bond acceptors (Lipinski definition) is 2. The Morgan fingerprint density at radius 1 is 1.26 bits per heavy atom. The molecular formula is C16H25FN2. The molecule has 1 heterocycles. The SMILES string of the molecule is CCCC1(CN(CC)c2ccc(F)cc2)CCNC1. The molecule has 1 N–H and O–H groups in total. The Morgan fingerprint density at radius 3 is 2.53 bits per heavy atom. The normalized spacial score (nSPS) is 22.7. The molecular weight excluding hydrogens is 239 g/mol. The van der Waals surface area contributed by atoms with Crippen molar-refractivity contribution < 1.29 is 4.39 Å². The molecule has 1 fully saturated rings. The van der Waals surface area contributed by atoms with Crippen LogP contribution in [0.2, 0.25) is 0 Å². The van der Waals surface area contributed by atoms with Crippen LogP contribution >= 0.6 is 0 Å². The molecule has 1 atom stereocenters. The van der Waals surface area contributed by atoms with Crippen molar-refractivity contribution in [3.05, 3.63) is 30.1 Å². The van der Waals surface area contributed by atoms with Crippen LogP contribution in [0.3, 0.4) is 0 Å². The Kier molecular flexibility index (Phi) is 4.81. The number of nitrogens with zero attached hydrogens (tertiary/aromatic N) is 1. The number of benzene rings is 1. The molecule has 0 bridgehead atoms. The molecule has 0 saturated carbocycles. The molecule has 19 heavy (non-hydrogen) atoms. The molecule has 2 rings (SSSR count). The van der Waals surface area contributed by atoms with Gasteiger partial charge >= 0.3 is 0 Å². The summed E-state index contributed by atoms with van der Waals surface area (Å²) in [5, 5.41) is 3.50. The van der Waals surface area contributed by atoms with E-state index in [1.165, 1.54) is 19.3 Å². The van der Waals surface area contributed by atoms with Crippen LogP contribution in [0, 0.1) is 11.2 Å². The van der Waals surface area contributed by atoms with E-state index in [1.807, 2.05) is 12.1 Å². The molecule has 1 aliphatic heterocycles. The van der Waals surface area contributed by atoms with Crippen molar-refractivity contribution in [2.45, 2.75) is 33.1 Å². The Morgan fingerprint density at radius 2 is 2.00 bits per heavy atom. The molecule has 106 valence electrons. The van der Waals surface area contributed by atoms with Crippen molar-refractivity contribution in [2.24, 2.45) is 5.41 Å². The molecule has 1 unspecified atom stereocenters. The number of halogens is 1. The highest BCUT2D eigenvalue weighted by Crippen LogP contribution is 2.33. The molecule has 0 aromatic heterocycles. The Bertz CT molecular complexity index is 382. The van der Waals surface area contributed by atoms with E-state index in [2.05, 4.69) is 24.1 Å². The second-order valence-corrected chi connectivity index (χ2v) is 5.67. The average Bonchev–Trinajstić information content (AvgIpc) is 2.86. The van der Waals surface area contributed by atoms with Crippen LogP contribution in [0.5, 0.6) is 0 Å². The van der Waals surface area contributed by atoms with E-state index in [0.29, 0.717) is 5.41 Å². The van der Waals surface area contributed by atoms with Crippen molar-refractivity contribution in [1.29, 1.82) is 0 Å². The fourth-order valence-electron chi connectivity index (χ4n) is 3.20. The van der Waals surface area contributed by atoms with Gasteiger partial charge in [0, 0.05) is 30.7 Å². The minimum Gasteiger partial charge on any atom is -0.371 e. The molecule has 1 aliphatic rings.